The maximum absolute atomic E-state index is 9.23. The summed E-state index contributed by atoms with van der Waals surface area (Å²) in [7, 11) is 0. The summed E-state index contributed by atoms with van der Waals surface area (Å²) < 4.78 is 0. The maximum atomic E-state index is 9.23. The molecule has 1 aliphatic carbocycles. The van der Waals surface area contributed by atoms with Crippen LogP contribution in [0.3, 0.4) is 0 Å². The molecule has 1 aromatic heterocycles. The molecule has 0 radical (unpaired) electrons. The number of aryl methyl sites for hydroxylation is 2. The van der Waals surface area contributed by atoms with Crippen molar-refractivity contribution in [3.63, 3.8) is 0 Å². The van der Waals surface area contributed by atoms with Gasteiger partial charge in [0.2, 0.25) is 0 Å². The Balaban J connectivity index is 2.26. The Morgan fingerprint density at radius 2 is 2.28 bits per heavy atom. The molecule has 0 aromatic carbocycles. The second kappa shape index (κ2) is 6.10. The Morgan fingerprint density at radius 3 is 3.00 bits per heavy atom. The Morgan fingerprint density at radius 1 is 1.50 bits per heavy atom. The van der Waals surface area contributed by atoms with E-state index in [9.17, 15) is 5.26 Å². The molecular weight excluding hydrogens is 242 g/mol. The molecule has 0 fully saturated rings. The lowest BCUT2D eigenvalue weighted by atomic mass is 9.95. The summed E-state index contributed by atoms with van der Waals surface area (Å²) in [4.78, 5) is 4.66. The van der Waals surface area contributed by atoms with Crippen LogP contribution < -0.4 is 5.32 Å². The lowest BCUT2D eigenvalue weighted by Gasteiger charge is -2.19. The average molecular weight is 261 g/mol. The van der Waals surface area contributed by atoms with Crippen molar-refractivity contribution in [2.75, 3.05) is 17.3 Å². The van der Waals surface area contributed by atoms with Gasteiger partial charge in [-0.15, -0.1) is 0 Å². The van der Waals surface area contributed by atoms with Crippen LogP contribution in [0.5, 0.6) is 0 Å². The van der Waals surface area contributed by atoms with Gasteiger partial charge in [-0.2, -0.15) is 17.0 Å². The van der Waals surface area contributed by atoms with E-state index in [0.717, 1.165) is 24.4 Å². The minimum absolute atomic E-state index is 0.334. The monoisotopic (exact) mass is 261 g/mol. The molecule has 0 saturated heterocycles. The summed E-state index contributed by atoms with van der Waals surface area (Å²) >= 11 is 1.80. The number of pyridine rings is 1. The van der Waals surface area contributed by atoms with Crippen molar-refractivity contribution in [1.29, 1.82) is 5.26 Å². The van der Waals surface area contributed by atoms with Gasteiger partial charge in [-0.05, 0) is 50.5 Å². The van der Waals surface area contributed by atoms with E-state index in [1.54, 1.807) is 11.8 Å². The SMILES string of the molecule is CSCC(C)Nc1nc2c(cc1C#N)CCCC2. The van der Waals surface area contributed by atoms with Gasteiger partial charge in [0, 0.05) is 17.5 Å². The largest absolute Gasteiger partial charge is 0.366 e. The fourth-order valence-corrected chi connectivity index (χ4v) is 2.94. The lowest BCUT2D eigenvalue weighted by Crippen LogP contribution is -2.20. The zero-order valence-corrected chi connectivity index (χ0v) is 11.8. The molecule has 2 rings (SSSR count). The molecule has 1 heterocycles. The standard InChI is InChI=1S/C14H19N3S/c1-10(9-18-2)16-14-12(8-15)7-11-5-3-4-6-13(11)17-14/h7,10H,3-6,9H2,1-2H3,(H,16,17). The van der Waals surface area contributed by atoms with Crippen molar-refractivity contribution in [1.82, 2.24) is 4.98 Å². The van der Waals surface area contributed by atoms with E-state index in [-0.39, 0.29) is 0 Å². The first kappa shape index (κ1) is 13.2. The van der Waals surface area contributed by atoms with E-state index in [0.29, 0.717) is 11.6 Å². The molecule has 0 amide bonds. The van der Waals surface area contributed by atoms with Crippen LogP contribution >= 0.6 is 11.8 Å². The van der Waals surface area contributed by atoms with E-state index in [1.165, 1.54) is 24.1 Å². The van der Waals surface area contributed by atoms with E-state index in [4.69, 9.17) is 0 Å². The highest BCUT2D eigenvalue weighted by Gasteiger charge is 2.15. The summed E-state index contributed by atoms with van der Waals surface area (Å²) in [5.41, 5.74) is 3.13. The first-order chi connectivity index (χ1) is 8.74. The average Bonchev–Trinajstić information content (AvgIpc) is 2.38. The Bertz CT molecular complexity index is 465. The number of anilines is 1. The number of nitriles is 1. The number of nitrogens with zero attached hydrogens (tertiary/aromatic N) is 2. The van der Waals surface area contributed by atoms with Gasteiger partial charge < -0.3 is 5.32 Å². The van der Waals surface area contributed by atoms with Crippen molar-refractivity contribution in [3.05, 3.63) is 22.9 Å². The molecule has 96 valence electrons. The van der Waals surface area contributed by atoms with Crippen molar-refractivity contribution >= 4 is 17.6 Å². The zero-order valence-electron chi connectivity index (χ0n) is 11.0. The molecule has 1 unspecified atom stereocenters. The van der Waals surface area contributed by atoms with Crippen LogP contribution in [0.15, 0.2) is 6.07 Å². The molecule has 4 heteroatoms. The molecule has 1 atom stereocenters. The third kappa shape index (κ3) is 2.97. The van der Waals surface area contributed by atoms with Crippen molar-refractivity contribution in [3.8, 4) is 6.07 Å². The van der Waals surface area contributed by atoms with Gasteiger partial charge in [0.25, 0.3) is 0 Å². The minimum atomic E-state index is 0.334. The third-order valence-electron chi connectivity index (χ3n) is 3.22. The number of thioether (sulfide) groups is 1. The van der Waals surface area contributed by atoms with Crippen LogP contribution in [0.1, 0.15) is 36.6 Å². The fourth-order valence-electron chi connectivity index (χ4n) is 2.35. The number of fused-ring (bicyclic) bond motifs is 1. The number of hydrogen-bond donors (Lipinski definition) is 1. The number of nitrogens with one attached hydrogen (secondary N) is 1. The van der Waals surface area contributed by atoms with Gasteiger partial charge >= 0.3 is 0 Å². The smallest absolute Gasteiger partial charge is 0.144 e. The van der Waals surface area contributed by atoms with Crippen LogP contribution in [-0.2, 0) is 12.8 Å². The van der Waals surface area contributed by atoms with Gasteiger partial charge in [0.15, 0.2) is 0 Å². The summed E-state index contributed by atoms with van der Waals surface area (Å²) in [6, 6.07) is 4.62. The summed E-state index contributed by atoms with van der Waals surface area (Å²) in [6.07, 6.45) is 6.63. The van der Waals surface area contributed by atoms with E-state index < -0.39 is 0 Å². The Kier molecular flexibility index (Phi) is 4.48. The molecule has 0 bridgehead atoms. The van der Waals surface area contributed by atoms with E-state index >= 15 is 0 Å². The second-order valence-electron chi connectivity index (χ2n) is 4.81. The second-order valence-corrected chi connectivity index (χ2v) is 5.72. The highest BCUT2D eigenvalue weighted by molar-refractivity contribution is 7.98. The van der Waals surface area contributed by atoms with Crippen molar-refractivity contribution < 1.29 is 0 Å². The summed E-state index contributed by atoms with van der Waals surface area (Å²) in [5.74, 6) is 1.78. The number of hydrogen-bond acceptors (Lipinski definition) is 4. The molecule has 1 aliphatic rings. The van der Waals surface area contributed by atoms with E-state index in [1.807, 2.05) is 6.07 Å². The predicted octanol–water partition coefficient (Wildman–Crippen LogP) is 3.00. The molecular formula is C14H19N3S. The van der Waals surface area contributed by atoms with Crippen molar-refractivity contribution in [2.45, 2.75) is 38.6 Å². The third-order valence-corrected chi connectivity index (χ3v) is 4.05. The molecule has 0 spiro atoms. The van der Waals surface area contributed by atoms with Gasteiger partial charge in [-0.25, -0.2) is 4.98 Å². The van der Waals surface area contributed by atoms with Gasteiger partial charge in [0.1, 0.15) is 11.9 Å². The van der Waals surface area contributed by atoms with Crippen LogP contribution in [0, 0.1) is 11.3 Å². The zero-order chi connectivity index (χ0) is 13.0. The van der Waals surface area contributed by atoms with Gasteiger partial charge in [-0.1, -0.05) is 0 Å². The molecule has 1 aromatic rings. The topological polar surface area (TPSA) is 48.7 Å². The summed E-state index contributed by atoms with van der Waals surface area (Å²) in [5, 5.41) is 12.6. The molecule has 3 nitrogen and oxygen atoms in total. The van der Waals surface area contributed by atoms with Crippen LogP contribution in [-0.4, -0.2) is 23.0 Å². The molecule has 1 N–H and O–H groups in total. The van der Waals surface area contributed by atoms with E-state index in [2.05, 4.69) is 29.5 Å². The first-order valence-electron chi connectivity index (χ1n) is 6.43. The predicted molar refractivity (Wildman–Crippen MR) is 77.1 cm³/mol. The summed E-state index contributed by atoms with van der Waals surface area (Å²) in [6.45, 7) is 2.12. The van der Waals surface area contributed by atoms with Gasteiger partial charge in [0.05, 0.1) is 5.56 Å². The minimum Gasteiger partial charge on any atom is -0.366 e. The van der Waals surface area contributed by atoms with Crippen LogP contribution in [0.4, 0.5) is 5.82 Å². The van der Waals surface area contributed by atoms with Crippen molar-refractivity contribution in [2.24, 2.45) is 0 Å². The number of aromatic nitrogens is 1. The quantitative estimate of drug-likeness (QED) is 0.905. The maximum Gasteiger partial charge on any atom is 0.144 e. The number of rotatable bonds is 4. The highest BCUT2D eigenvalue weighted by atomic mass is 32.2. The molecule has 0 aliphatic heterocycles. The first-order valence-corrected chi connectivity index (χ1v) is 7.82. The molecule has 18 heavy (non-hydrogen) atoms. The Labute approximate surface area is 113 Å². The van der Waals surface area contributed by atoms with Crippen LogP contribution in [0.2, 0.25) is 0 Å². The lowest BCUT2D eigenvalue weighted by molar-refractivity contribution is 0.667. The molecule has 0 saturated carbocycles. The fraction of sp³-hybridized carbons (Fsp3) is 0.571. The van der Waals surface area contributed by atoms with Crippen LogP contribution in [0.25, 0.3) is 0 Å². The normalized spacial score (nSPS) is 15.6. The highest BCUT2D eigenvalue weighted by Crippen LogP contribution is 2.24. The van der Waals surface area contributed by atoms with Gasteiger partial charge in [-0.3, -0.25) is 0 Å². The Hall–Kier alpha value is -1.21.